The van der Waals surface area contributed by atoms with Gasteiger partial charge in [0.1, 0.15) is 16.6 Å². The molecule has 0 fully saturated rings. The summed E-state index contributed by atoms with van der Waals surface area (Å²) in [5.41, 5.74) is 1.21. The van der Waals surface area contributed by atoms with Crippen LogP contribution in [-0.2, 0) is 19.6 Å². The standard InChI is InChI=1S/C22H26N8O6S/c1-13-19(14(2)36-29-13)37(33,34)30-18(21(32)35-9-3-6-23-22-24-7-8-25-22)12-26-20(31)15-4-5-17-16(10-15)11-27-28-17/h4-5,7-8,10-11,18,30H,3,6,9,12H2,1-2H3,(H,26,31)(H,27,28)(H2,23,24,25). The van der Waals surface area contributed by atoms with Crippen LogP contribution in [0.25, 0.3) is 10.9 Å². The highest BCUT2D eigenvalue weighted by molar-refractivity contribution is 7.89. The van der Waals surface area contributed by atoms with Crippen LogP contribution in [0, 0.1) is 13.8 Å². The number of carbonyl (C=O) groups is 2. The fourth-order valence-electron chi connectivity index (χ4n) is 3.57. The summed E-state index contributed by atoms with van der Waals surface area (Å²) in [4.78, 5) is 32.3. The summed E-state index contributed by atoms with van der Waals surface area (Å²) < 4.78 is 38.6. The Kier molecular flexibility index (Phi) is 7.83. The topological polar surface area (TPSA) is 197 Å². The monoisotopic (exact) mass is 530 g/mol. The van der Waals surface area contributed by atoms with E-state index < -0.39 is 27.9 Å². The fraction of sp³-hybridized carbons (Fsp3) is 0.318. The molecule has 1 atom stereocenters. The molecule has 0 aliphatic carbocycles. The number of aromatic nitrogens is 5. The molecule has 0 saturated carbocycles. The van der Waals surface area contributed by atoms with Crippen LogP contribution < -0.4 is 15.4 Å². The number of nitrogens with one attached hydrogen (secondary N) is 5. The summed E-state index contributed by atoms with van der Waals surface area (Å²) in [7, 11) is -4.22. The van der Waals surface area contributed by atoms with Gasteiger partial charge in [-0.2, -0.15) is 9.82 Å². The van der Waals surface area contributed by atoms with Crippen molar-refractivity contribution in [2.24, 2.45) is 0 Å². The van der Waals surface area contributed by atoms with Crippen molar-refractivity contribution >= 4 is 38.8 Å². The van der Waals surface area contributed by atoms with Gasteiger partial charge in [0, 0.05) is 36.4 Å². The zero-order valence-electron chi connectivity index (χ0n) is 20.1. The van der Waals surface area contributed by atoms with Crippen LogP contribution in [0.2, 0.25) is 0 Å². The Bertz CT molecular complexity index is 1460. The molecule has 3 aromatic heterocycles. The van der Waals surface area contributed by atoms with Crippen LogP contribution in [0.5, 0.6) is 0 Å². The summed E-state index contributed by atoms with van der Waals surface area (Å²) in [6, 6.07) is 3.50. The summed E-state index contributed by atoms with van der Waals surface area (Å²) in [5, 5.41) is 16.7. The number of carbonyl (C=O) groups excluding carboxylic acids is 2. The normalized spacial score (nSPS) is 12.4. The first-order valence-corrected chi connectivity index (χ1v) is 12.8. The average molecular weight is 531 g/mol. The Morgan fingerprint density at radius 1 is 1.24 bits per heavy atom. The number of hydrogen-bond donors (Lipinski definition) is 5. The van der Waals surface area contributed by atoms with Crippen LogP contribution in [0.1, 0.15) is 28.2 Å². The number of benzene rings is 1. The highest BCUT2D eigenvalue weighted by Crippen LogP contribution is 2.19. The summed E-state index contributed by atoms with van der Waals surface area (Å²) in [5.74, 6) is -0.703. The molecular weight excluding hydrogens is 504 g/mol. The number of aromatic amines is 2. The molecule has 14 nitrogen and oxygen atoms in total. The van der Waals surface area contributed by atoms with Gasteiger partial charge in [-0.1, -0.05) is 5.16 Å². The molecular formula is C22H26N8O6S. The van der Waals surface area contributed by atoms with Crippen molar-refractivity contribution in [2.75, 3.05) is 25.0 Å². The van der Waals surface area contributed by atoms with Crippen LogP contribution in [0.15, 0.2) is 46.2 Å². The number of rotatable bonds is 12. The van der Waals surface area contributed by atoms with Gasteiger partial charge in [0.25, 0.3) is 5.91 Å². The van der Waals surface area contributed by atoms with E-state index in [-0.39, 0.29) is 29.5 Å². The second-order valence-corrected chi connectivity index (χ2v) is 9.75. The predicted molar refractivity (Wildman–Crippen MR) is 131 cm³/mol. The lowest BCUT2D eigenvalue weighted by molar-refractivity contribution is -0.145. The molecule has 4 aromatic rings. The van der Waals surface area contributed by atoms with Crippen molar-refractivity contribution in [3.8, 4) is 0 Å². The number of nitrogens with zero attached hydrogens (tertiary/aromatic N) is 3. The Morgan fingerprint density at radius 3 is 2.81 bits per heavy atom. The molecule has 0 aliphatic rings. The van der Waals surface area contributed by atoms with E-state index in [0.717, 1.165) is 10.9 Å². The first kappa shape index (κ1) is 25.8. The number of H-pyrrole nitrogens is 2. The second kappa shape index (κ2) is 11.2. The highest BCUT2D eigenvalue weighted by atomic mass is 32.2. The van der Waals surface area contributed by atoms with Crippen molar-refractivity contribution in [3.05, 3.63) is 53.8 Å². The molecule has 0 spiro atoms. The van der Waals surface area contributed by atoms with E-state index in [0.29, 0.717) is 24.5 Å². The smallest absolute Gasteiger partial charge is 0.326 e. The van der Waals surface area contributed by atoms with Gasteiger partial charge in [0.05, 0.1) is 18.3 Å². The molecule has 0 aliphatic heterocycles. The lowest BCUT2D eigenvalue weighted by Crippen LogP contribution is -2.49. The van der Waals surface area contributed by atoms with Crippen molar-refractivity contribution < 1.29 is 27.3 Å². The zero-order valence-corrected chi connectivity index (χ0v) is 20.9. The third kappa shape index (κ3) is 6.31. The molecule has 1 amide bonds. The minimum atomic E-state index is -4.22. The van der Waals surface area contributed by atoms with E-state index in [1.807, 2.05) is 0 Å². The van der Waals surface area contributed by atoms with E-state index in [1.165, 1.54) is 13.8 Å². The number of esters is 1. The van der Waals surface area contributed by atoms with Crippen LogP contribution in [0.3, 0.4) is 0 Å². The summed E-state index contributed by atoms with van der Waals surface area (Å²) in [6.07, 6.45) is 5.27. The Morgan fingerprint density at radius 2 is 2.08 bits per heavy atom. The number of ether oxygens (including phenoxy) is 1. The van der Waals surface area contributed by atoms with Crippen LogP contribution in [-0.4, -0.2) is 71.4 Å². The fourth-order valence-corrected chi connectivity index (χ4v) is 5.09. The molecule has 0 saturated heterocycles. The molecule has 196 valence electrons. The summed E-state index contributed by atoms with van der Waals surface area (Å²) in [6.45, 7) is 3.04. The predicted octanol–water partition coefficient (Wildman–Crippen LogP) is 1.01. The van der Waals surface area contributed by atoms with Gasteiger partial charge in [0.2, 0.25) is 10.0 Å². The second-order valence-electron chi connectivity index (χ2n) is 8.09. The Hall–Kier alpha value is -4.24. The summed E-state index contributed by atoms with van der Waals surface area (Å²) >= 11 is 0. The van der Waals surface area contributed by atoms with Gasteiger partial charge in [-0.3, -0.25) is 14.7 Å². The number of fused-ring (bicyclic) bond motifs is 1. The van der Waals surface area contributed by atoms with Crippen molar-refractivity contribution in [2.45, 2.75) is 31.2 Å². The maximum atomic E-state index is 13.0. The number of amides is 1. The molecule has 0 bridgehead atoms. The zero-order chi connectivity index (χ0) is 26.4. The number of hydrogen-bond acceptors (Lipinski definition) is 10. The number of imidazole rings is 1. The third-order valence-electron chi connectivity index (χ3n) is 5.34. The quantitative estimate of drug-likeness (QED) is 0.130. The molecule has 5 N–H and O–H groups in total. The van der Waals surface area contributed by atoms with Gasteiger partial charge in [0.15, 0.2) is 11.7 Å². The minimum Gasteiger partial charge on any atom is -0.464 e. The van der Waals surface area contributed by atoms with Crippen molar-refractivity contribution in [1.29, 1.82) is 0 Å². The van der Waals surface area contributed by atoms with Crippen LogP contribution in [0.4, 0.5) is 5.95 Å². The SMILES string of the molecule is Cc1noc(C)c1S(=O)(=O)NC(CNC(=O)c1ccc2[nH]ncc2c1)C(=O)OCCCNc1ncc[nH]1. The Balaban J connectivity index is 1.41. The van der Waals surface area contributed by atoms with E-state index >= 15 is 0 Å². The largest absolute Gasteiger partial charge is 0.464 e. The maximum Gasteiger partial charge on any atom is 0.326 e. The van der Waals surface area contributed by atoms with E-state index in [2.05, 4.69) is 40.7 Å². The first-order chi connectivity index (χ1) is 17.7. The van der Waals surface area contributed by atoms with Crippen LogP contribution >= 0.6 is 0 Å². The highest BCUT2D eigenvalue weighted by Gasteiger charge is 2.31. The minimum absolute atomic E-state index is 0.0151. The molecule has 15 heteroatoms. The van der Waals surface area contributed by atoms with Gasteiger partial charge < -0.3 is 24.9 Å². The maximum absolute atomic E-state index is 13.0. The Labute approximate surface area is 211 Å². The van der Waals surface area contributed by atoms with E-state index in [1.54, 1.807) is 36.8 Å². The lowest BCUT2D eigenvalue weighted by Gasteiger charge is -2.18. The molecule has 3 heterocycles. The van der Waals surface area contributed by atoms with Gasteiger partial charge in [-0.25, -0.2) is 13.4 Å². The number of aryl methyl sites for hydroxylation is 2. The third-order valence-corrected chi connectivity index (χ3v) is 7.06. The molecule has 37 heavy (non-hydrogen) atoms. The van der Waals surface area contributed by atoms with Gasteiger partial charge in [-0.15, -0.1) is 0 Å². The van der Waals surface area contributed by atoms with E-state index in [4.69, 9.17) is 9.26 Å². The molecule has 0 radical (unpaired) electrons. The first-order valence-electron chi connectivity index (χ1n) is 11.3. The molecule has 4 rings (SSSR count). The van der Waals surface area contributed by atoms with E-state index in [9.17, 15) is 18.0 Å². The van der Waals surface area contributed by atoms with Gasteiger partial charge >= 0.3 is 5.97 Å². The number of anilines is 1. The lowest BCUT2D eigenvalue weighted by atomic mass is 10.1. The van der Waals surface area contributed by atoms with Gasteiger partial charge in [-0.05, 0) is 38.5 Å². The average Bonchev–Trinajstić information content (AvgIpc) is 3.62. The van der Waals surface area contributed by atoms with Crippen molar-refractivity contribution in [1.82, 2.24) is 35.4 Å². The number of sulfonamides is 1. The van der Waals surface area contributed by atoms with Crippen molar-refractivity contribution in [3.63, 3.8) is 0 Å². The molecule has 1 unspecified atom stereocenters. The molecule has 1 aromatic carbocycles.